The molecule has 11 nitrogen and oxygen atoms in total. The van der Waals surface area contributed by atoms with E-state index in [1.165, 1.54) is 18.2 Å². The minimum atomic E-state index is -1.13. The fourth-order valence-electron chi connectivity index (χ4n) is 3.65. The van der Waals surface area contributed by atoms with Gasteiger partial charge in [-0.1, -0.05) is 0 Å². The lowest BCUT2D eigenvalue weighted by molar-refractivity contribution is -0.384. The first kappa shape index (κ1) is 25.5. The Morgan fingerprint density at radius 2 is 1.78 bits per heavy atom. The van der Waals surface area contributed by atoms with Crippen molar-refractivity contribution in [3.05, 3.63) is 81.5 Å². The van der Waals surface area contributed by atoms with Crippen LogP contribution in [0, 0.1) is 10.1 Å². The van der Waals surface area contributed by atoms with Crippen molar-refractivity contribution in [2.24, 2.45) is 0 Å². The van der Waals surface area contributed by atoms with E-state index >= 15 is 0 Å². The smallest absolute Gasteiger partial charge is 0.342 e. The second-order valence-corrected chi connectivity index (χ2v) is 8.65. The molecule has 0 unspecified atom stereocenters. The third kappa shape index (κ3) is 5.48. The predicted molar refractivity (Wildman–Crippen MR) is 138 cm³/mol. The number of non-ortho nitro benzene ring substituents is 1. The molecule has 37 heavy (non-hydrogen) atoms. The molecule has 0 bridgehead atoms. The molecule has 0 saturated carbocycles. The molecule has 0 radical (unpaired) electrons. The second-order valence-electron chi connectivity index (χ2n) is 7.64. The highest BCUT2D eigenvalue weighted by atomic mass is 32.2. The van der Waals surface area contributed by atoms with Crippen molar-refractivity contribution >= 4 is 29.5 Å². The monoisotopic (exact) mass is 521 g/mol. The molecule has 12 heteroatoms. The average Bonchev–Trinajstić information content (AvgIpc) is 3.54. The Kier molecular flexibility index (Phi) is 7.58. The molecule has 4 aromatic rings. The van der Waals surface area contributed by atoms with Crippen LogP contribution >= 0.6 is 11.8 Å². The molecule has 2 aromatic carbocycles. The maximum atomic E-state index is 12.2. The first-order valence-corrected chi connectivity index (χ1v) is 11.9. The number of carbonyl (C=O) groups is 1. The highest BCUT2D eigenvalue weighted by molar-refractivity contribution is 8.04. The molecule has 2 heterocycles. The van der Waals surface area contributed by atoms with Crippen LogP contribution in [0.3, 0.4) is 0 Å². The third-order valence-electron chi connectivity index (χ3n) is 5.45. The van der Waals surface area contributed by atoms with Gasteiger partial charge in [0.2, 0.25) is 0 Å². The van der Waals surface area contributed by atoms with Crippen molar-refractivity contribution in [1.29, 1.82) is 0 Å². The van der Waals surface area contributed by atoms with Crippen LogP contribution in [-0.2, 0) is 11.3 Å². The van der Waals surface area contributed by atoms with E-state index in [0.29, 0.717) is 46.0 Å². The van der Waals surface area contributed by atoms with E-state index in [9.17, 15) is 20.0 Å². The quantitative estimate of drug-likeness (QED) is 0.134. The summed E-state index contributed by atoms with van der Waals surface area (Å²) < 4.78 is 14.3. The van der Waals surface area contributed by atoms with E-state index in [1.807, 2.05) is 11.5 Å². The normalized spacial score (nSPS) is 11.4. The molecule has 0 aliphatic heterocycles. The Balaban J connectivity index is 1.69. The predicted octanol–water partition coefficient (Wildman–Crippen LogP) is 4.90. The molecule has 190 valence electrons. The molecule has 0 aliphatic carbocycles. The zero-order valence-electron chi connectivity index (χ0n) is 20.2. The molecule has 0 spiro atoms. The van der Waals surface area contributed by atoms with Gasteiger partial charge in [0.15, 0.2) is 11.0 Å². The number of aromatic nitrogens is 4. The summed E-state index contributed by atoms with van der Waals surface area (Å²) in [6.07, 6.45) is 3.28. The van der Waals surface area contributed by atoms with Gasteiger partial charge in [0, 0.05) is 47.9 Å². The van der Waals surface area contributed by atoms with Crippen LogP contribution in [0.1, 0.15) is 12.6 Å². The van der Waals surface area contributed by atoms with Crippen molar-refractivity contribution in [3.63, 3.8) is 0 Å². The third-order valence-corrected chi connectivity index (χ3v) is 6.45. The summed E-state index contributed by atoms with van der Waals surface area (Å²) in [5.74, 6) is 0.595. The summed E-state index contributed by atoms with van der Waals surface area (Å²) in [6, 6.07) is 14.9. The summed E-state index contributed by atoms with van der Waals surface area (Å²) in [4.78, 5) is 22.7. The van der Waals surface area contributed by atoms with Crippen LogP contribution in [0.5, 0.6) is 11.5 Å². The number of nitro benzene ring substituents is 1. The topological polar surface area (TPSA) is 135 Å². The van der Waals surface area contributed by atoms with Gasteiger partial charge in [-0.15, -0.1) is 10.2 Å². The van der Waals surface area contributed by atoms with Gasteiger partial charge in [-0.3, -0.25) is 10.1 Å². The van der Waals surface area contributed by atoms with Gasteiger partial charge in [0.1, 0.15) is 16.4 Å². The number of nitrogens with zero attached hydrogens (tertiary/aromatic N) is 5. The van der Waals surface area contributed by atoms with Crippen LogP contribution in [0.4, 0.5) is 5.69 Å². The second kappa shape index (κ2) is 11.0. The van der Waals surface area contributed by atoms with E-state index in [-0.39, 0.29) is 10.6 Å². The summed E-state index contributed by atoms with van der Waals surface area (Å²) in [6.45, 7) is 2.41. The van der Waals surface area contributed by atoms with Gasteiger partial charge >= 0.3 is 5.97 Å². The van der Waals surface area contributed by atoms with E-state index < -0.39 is 10.9 Å². The van der Waals surface area contributed by atoms with E-state index in [1.54, 1.807) is 67.4 Å². The zero-order valence-corrected chi connectivity index (χ0v) is 21.0. The van der Waals surface area contributed by atoms with Crippen LogP contribution in [0.2, 0.25) is 0 Å². The largest absolute Gasteiger partial charge is 0.497 e. The highest BCUT2D eigenvalue weighted by Crippen LogP contribution is 2.33. The average molecular weight is 522 g/mol. The number of hydrogen-bond donors (Lipinski definition) is 1. The van der Waals surface area contributed by atoms with Gasteiger partial charge in [0.25, 0.3) is 5.69 Å². The number of carboxylic acids is 1. The number of benzene rings is 2. The molecule has 0 saturated heterocycles. The van der Waals surface area contributed by atoms with Gasteiger partial charge < -0.3 is 23.7 Å². The van der Waals surface area contributed by atoms with Crippen LogP contribution in [0.25, 0.3) is 23.2 Å². The first-order valence-electron chi connectivity index (χ1n) is 11.1. The maximum Gasteiger partial charge on any atom is 0.342 e. The number of rotatable bonds is 10. The van der Waals surface area contributed by atoms with Gasteiger partial charge in [-0.05, 0) is 61.2 Å². The number of ether oxygens (including phenoxy) is 2. The zero-order chi connectivity index (χ0) is 26.5. The molecule has 1 N–H and O–H groups in total. The van der Waals surface area contributed by atoms with Crippen molar-refractivity contribution in [2.75, 3.05) is 14.2 Å². The van der Waals surface area contributed by atoms with E-state index in [2.05, 4.69) is 10.2 Å². The molecule has 4 rings (SSSR count). The fraction of sp³-hybridized carbons (Fsp3) is 0.160. The minimum Gasteiger partial charge on any atom is -0.497 e. The Hall–Kier alpha value is -4.58. The van der Waals surface area contributed by atoms with E-state index in [0.717, 1.165) is 11.8 Å². The minimum absolute atomic E-state index is 0.0266. The number of methoxy groups -OCH3 is 2. The number of aliphatic carboxylic acids is 1. The maximum absolute atomic E-state index is 12.2. The number of thioether (sulfide) groups is 1. The van der Waals surface area contributed by atoms with Crippen molar-refractivity contribution in [2.45, 2.75) is 18.6 Å². The van der Waals surface area contributed by atoms with Gasteiger partial charge in [0.05, 0.1) is 19.1 Å². The summed E-state index contributed by atoms with van der Waals surface area (Å²) in [5.41, 5.74) is 1.92. The van der Waals surface area contributed by atoms with Crippen molar-refractivity contribution < 1.29 is 24.3 Å². The van der Waals surface area contributed by atoms with Crippen LogP contribution in [0.15, 0.2) is 70.9 Å². The van der Waals surface area contributed by atoms with Gasteiger partial charge in [-0.2, -0.15) is 0 Å². The Morgan fingerprint density at radius 3 is 2.35 bits per heavy atom. The molecular weight excluding hydrogens is 498 g/mol. The molecule has 0 amide bonds. The Bertz CT molecular complexity index is 1450. The van der Waals surface area contributed by atoms with E-state index in [4.69, 9.17) is 9.47 Å². The number of carboxylic acid groups (broad SMARTS) is 1. The Labute approximate surface area is 216 Å². The van der Waals surface area contributed by atoms with Gasteiger partial charge in [-0.25, -0.2) is 4.79 Å². The van der Waals surface area contributed by atoms with Crippen molar-refractivity contribution in [1.82, 2.24) is 19.3 Å². The standard InChI is InChI=1S/C25H23N5O6S/c1-4-28-23(16-12-20(35-2)15-21(13-16)36-3)26-27-25(28)37-22(24(31)32)14-19-6-5-11-29(19)17-7-9-18(10-8-17)30(33)34/h5-15H,4H2,1-3H3,(H,31,32)/b22-14-. The summed E-state index contributed by atoms with van der Waals surface area (Å²) in [5, 5.41) is 29.9. The molecular formula is C25H23N5O6S. The number of nitro groups is 1. The summed E-state index contributed by atoms with van der Waals surface area (Å²) in [7, 11) is 3.11. The fourth-order valence-corrected chi connectivity index (χ4v) is 4.52. The lowest BCUT2D eigenvalue weighted by atomic mass is 10.2. The highest BCUT2D eigenvalue weighted by Gasteiger charge is 2.20. The molecule has 0 aliphatic rings. The molecule has 0 atom stereocenters. The summed E-state index contributed by atoms with van der Waals surface area (Å²) >= 11 is 0.978. The Morgan fingerprint density at radius 1 is 1.11 bits per heavy atom. The van der Waals surface area contributed by atoms with Crippen LogP contribution < -0.4 is 9.47 Å². The van der Waals surface area contributed by atoms with Crippen LogP contribution in [-0.4, -0.2) is 49.6 Å². The molecule has 2 aromatic heterocycles. The SMILES string of the molecule is CCn1c(S/C(=C\c2cccn2-c2ccc([N+](=O)[O-])cc2)C(=O)O)nnc1-c1cc(OC)cc(OC)c1. The lowest BCUT2D eigenvalue weighted by Gasteiger charge is -2.11. The van der Waals surface area contributed by atoms with Crippen molar-refractivity contribution in [3.8, 4) is 28.6 Å². The first-order chi connectivity index (χ1) is 17.8. The molecule has 0 fully saturated rings. The number of hydrogen-bond acceptors (Lipinski definition) is 8. The lowest BCUT2D eigenvalue weighted by Crippen LogP contribution is -2.04.